The highest BCUT2D eigenvalue weighted by Gasteiger charge is 2.07. The van der Waals surface area contributed by atoms with Gasteiger partial charge < -0.3 is 9.26 Å². The van der Waals surface area contributed by atoms with Gasteiger partial charge in [-0.1, -0.05) is 17.3 Å². The van der Waals surface area contributed by atoms with Crippen LogP contribution in [-0.2, 0) is 4.79 Å². The van der Waals surface area contributed by atoms with Crippen molar-refractivity contribution in [3.8, 4) is 17.1 Å². The van der Waals surface area contributed by atoms with Gasteiger partial charge in [0.2, 0.25) is 11.7 Å². The predicted molar refractivity (Wildman–Crippen MR) is 55.8 cm³/mol. The van der Waals surface area contributed by atoms with Crippen LogP contribution in [0.25, 0.3) is 11.4 Å². The van der Waals surface area contributed by atoms with Crippen molar-refractivity contribution in [3.63, 3.8) is 0 Å². The zero-order valence-electron chi connectivity index (χ0n) is 8.93. The van der Waals surface area contributed by atoms with Gasteiger partial charge in [-0.25, -0.2) is 0 Å². The maximum Gasteiger partial charge on any atom is 0.308 e. The van der Waals surface area contributed by atoms with Gasteiger partial charge in [0, 0.05) is 19.4 Å². The average molecular weight is 218 g/mol. The van der Waals surface area contributed by atoms with Crippen LogP contribution in [-0.4, -0.2) is 16.1 Å². The fraction of sp³-hybridized carbons (Fsp3) is 0.182. The van der Waals surface area contributed by atoms with E-state index in [2.05, 4.69) is 10.1 Å². The van der Waals surface area contributed by atoms with Crippen LogP contribution in [0.4, 0.5) is 0 Å². The lowest BCUT2D eigenvalue weighted by Gasteiger charge is -2.01. The molecule has 0 aliphatic carbocycles. The van der Waals surface area contributed by atoms with E-state index in [1.165, 1.54) is 6.92 Å². The summed E-state index contributed by atoms with van der Waals surface area (Å²) in [5.74, 6) is 1.08. The van der Waals surface area contributed by atoms with Crippen LogP contribution in [0, 0.1) is 6.92 Å². The van der Waals surface area contributed by atoms with E-state index in [0.717, 1.165) is 5.56 Å². The van der Waals surface area contributed by atoms with Gasteiger partial charge in [-0.3, -0.25) is 4.79 Å². The van der Waals surface area contributed by atoms with Gasteiger partial charge in [0.25, 0.3) is 0 Å². The third-order valence-electron chi connectivity index (χ3n) is 1.88. The van der Waals surface area contributed by atoms with Gasteiger partial charge in [0.15, 0.2) is 0 Å². The molecule has 0 saturated heterocycles. The second-order valence-corrected chi connectivity index (χ2v) is 3.26. The Labute approximate surface area is 92.0 Å². The van der Waals surface area contributed by atoms with Crippen LogP contribution < -0.4 is 4.74 Å². The number of carbonyl (C=O) groups is 1. The maximum absolute atomic E-state index is 10.8. The second-order valence-electron chi connectivity index (χ2n) is 3.26. The lowest BCUT2D eigenvalue weighted by Crippen LogP contribution is -2.01. The Morgan fingerprint density at radius 3 is 2.88 bits per heavy atom. The second kappa shape index (κ2) is 4.14. The molecule has 82 valence electrons. The minimum Gasteiger partial charge on any atom is -0.427 e. The zero-order valence-corrected chi connectivity index (χ0v) is 8.93. The summed E-state index contributed by atoms with van der Waals surface area (Å²) < 4.78 is 9.83. The summed E-state index contributed by atoms with van der Waals surface area (Å²) in [6.07, 6.45) is 0. The first-order chi connectivity index (χ1) is 7.65. The Balaban J connectivity index is 2.32. The summed E-state index contributed by atoms with van der Waals surface area (Å²) >= 11 is 0. The molecule has 2 rings (SSSR count). The molecule has 0 amide bonds. The predicted octanol–water partition coefficient (Wildman–Crippen LogP) is 1.97. The van der Waals surface area contributed by atoms with E-state index in [-0.39, 0.29) is 5.97 Å². The average Bonchev–Trinajstić information content (AvgIpc) is 2.64. The van der Waals surface area contributed by atoms with E-state index in [0.29, 0.717) is 17.5 Å². The Kier molecular flexibility index (Phi) is 2.68. The van der Waals surface area contributed by atoms with Crippen LogP contribution in [0.1, 0.15) is 12.8 Å². The number of hydrogen-bond acceptors (Lipinski definition) is 5. The minimum absolute atomic E-state index is 0.360. The van der Waals surface area contributed by atoms with E-state index in [1.54, 1.807) is 25.1 Å². The molecule has 0 radical (unpaired) electrons. The Morgan fingerprint density at radius 1 is 1.44 bits per heavy atom. The fourth-order valence-electron chi connectivity index (χ4n) is 1.28. The molecule has 0 bridgehead atoms. The molecular weight excluding hydrogens is 208 g/mol. The van der Waals surface area contributed by atoms with Crippen molar-refractivity contribution in [2.24, 2.45) is 0 Å². The normalized spacial score (nSPS) is 10.1. The number of rotatable bonds is 2. The molecule has 0 aliphatic heterocycles. The fourth-order valence-corrected chi connectivity index (χ4v) is 1.28. The standard InChI is InChI=1S/C11H10N2O3/c1-7-12-11(13-16-7)9-4-3-5-10(6-9)15-8(2)14/h3-6H,1-2H3. The number of esters is 1. The summed E-state index contributed by atoms with van der Waals surface area (Å²) in [5, 5.41) is 3.78. The molecule has 1 aromatic heterocycles. The van der Waals surface area contributed by atoms with Gasteiger partial charge in [-0.2, -0.15) is 4.98 Å². The first-order valence-corrected chi connectivity index (χ1v) is 4.74. The lowest BCUT2D eigenvalue weighted by molar-refractivity contribution is -0.131. The molecule has 0 atom stereocenters. The molecule has 5 nitrogen and oxygen atoms in total. The van der Waals surface area contributed by atoms with Crippen LogP contribution in [0.3, 0.4) is 0 Å². The number of aromatic nitrogens is 2. The van der Waals surface area contributed by atoms with Gasteiger partial charge >= 0.3 is 5.97 Å². The van der Waals surface area contributed by atoms with Crippen molar-refractivity contribution in [1.29, 1.82) is 0 Å². The van der Waals surface area contributed by atoms with Crippen LogP contribution in [0.15, 0.2) is 28.8 Å². The van der Waals surface area contributed by atoms with Gasteiger partial charge in [0.05, 0.1) is 0 Å². The van der Waals surface area contributed by atoms with E-state index >= 15 is 0 Å². The third kappa shape index (κ3) is 2.25. The Morgan fingerprint density at radius 2 is 2.25 bits per heavy atom. The number of benzene rings is 1. The molecule has 1 aromatic carbocycles. The van der Waals surface area contributed by atoms with E-state index in [4.69, 9.17) is 9.26 Å². The van der Waals surface area contributed by atoms with Crippen molar-refractivity contribution >= 4 is 5.97 Å². The highest BCUT2D eigenvalue weighted by atomic mass is 16.5. The van der Waals surface area contributed by atoms with E-state index in [9.17, 15) is 4.79 Å². The van der Waals surface area contributed by atoms with Crippen LogP contribution >= 0.6 is 0 Å². The topological polar surface area (TPSA) is 65.2 Å². The van der Waals surface area contributed by atoms with Crippen LogP contribution in [0.2, 0.25) is 0 Å². The Bertz CT molecular complexity index is 519. The zero-order chi connectivity index (χ0) is 11.5. The molecule has 0 saturated carbocycles. The number of ether oxygens (including phenoxy) is 1. The van der Waals surface area contributed by atoms with Gasteiger partial charge in [-0.05, 0) is 12.1 Å². The quantitative estimate of drug-likeness (QED) is 0.569. The summed E-state index contributed by atoms with van der Waals surface area (Å²) in [7, 11) is 0. The summed E-state index contributed by atoms with van der Waals surface area (Å²) in [5.41, 5.74) is 0.746. The van der Waals surface area contributed by atoms with Gasteiger partial charge in [-0.15, -0.1) is 0 Å². The van der Waals surface area contributed by atoms with Crippen LogP contribution in [0.5, 0.6) is 5.75 Å². The molecule has 0 unspecified atom stereocenters. The van der Waals surface area contributed by atoms with Crippen molar-refractivity contribution in [2.45, 2.75) is 13.8 Å². The molecule has 0 fully saturated rings. The number of aryl methyl sites for hydroxylation is 1. The molecule has 1 heterocycles. The molecule has 5 heteroatoms. The molecule has 2 aromatic rings. The highest BCUT2D eigenvalue weighted by molar-refractivity contribution is 5.70. The summed E-state index contributed by atoms with van der Waals surface area (Å²) in [4.78, 5) is 14.9. The van der Waals surface area contributed by atoms with Crippen molar-refractivity contribution in [2.75, 3.05) is 0 Å². The molecule has 0 N–H and O–H groups in total. The van der Waals surface area contributed by atoms with Gasteiger partial charge in [0.1, 0.15) is 5.75 Å². The molecule has 0 spiro atoms. The molecule has 16 heavy (non-hydrogen) atoms. The number of hydrogen-bond donors (Lipinski definition) is 0. The monoisotopic (exact) mass is 218 g/mol. The van der Waals surface area contributed by atoms with Crippen molar-refractivity contribution in [3.05, 3.63) is 30.2 Å². The van der Waals surface area contributed by atoms with Crippen molar-refractivity contribution in [1.82, 2.24) is 10.1 Å². The highest BCUT2D eigenvalue weighted by Crippen LogP contribution is 2.21. The first kappa shape index (κ1) is 10.4. The number of nitrogens with zero attached hydrogens (tertiary/aromatic N) is 2. The number of carbonyl (C=O) groups excluding carboxylic acids is 1. The minimum atomic E-state index is -0.360. The Hall–Kier alpha value is -2.17. The first-order valence-electron chi connectivity index (χ1n) is 4.74. The maximum atomic E-state index is 10.8. The van der Waals surface area contributed by atoms with E-state index < -0.39 is 0 Å². The molecule has 0 aliphatic rings. The largest absolute Gasteiger partial charge is 0.427 e. The lowest BCUT2D eigenvalue weighted by atomic mass is 10.2. The summed E-state index contributed by atoms with van der Waals surface area (Å²) in [6, 6.07) is 6.96. The SMILES string of the molecule is CC(=O)Oc1cccc(-c2noc(C)n2)c1. The smallest absolute Gasteiger partial charge is 0.308 e. The van der Waals surface area contributed by atoms with E-state index in [1.807, 2.05) is 6.07 Å². The summed E-state index contributed by atoms with van der Waals surface area (Å²) in [6.45, 7) is 3.07. The third-order valence-corrected chi connectivity index (χ3v) is 1.88. The molecular formula is C11H10N2O3. The van der Waals surface area contributed by atoms with Crippen molar-refractivity contribution < 1.29 is 14.1 Å².